The molecule has 8 heteroatoms. The minimum atomic E-state index is -1.35. The van der Waals surface area contributed by atoms with Gasteiger partial charge in [-0.3, -0.25) is 0 Å². The average molecular weight is 206 g/mol. The molecule has 0 bridgehead atoms. The fraction of sp³-hybridized carbons (Fsp3) is 1.00. The van der Waals surface area contributed by atoms with Crippen molar-refractivity contribution in [3.8, 4) is 0 Å². The normalized spacial score (nSPS) is 15.7. The largest absolute Gasteiger partial charge is 0.597 e. The van der Waals surface area contributed by atoms with Crippen LogP contribution in [0, 0.1) is 10.4 Å². The molecular formula is C6H14N4O4. The Balaban J connectivity index is 5.28. The number of hydrogen-bond acceptors (Lipinski definition) is 4. The molecule has 0 fully saturated rings. The van der Waals surface area contributed by atoms with Gasteiger partial charge in [-0.2, -0.15) is 0 Å². The molecule has 0 amide bonds. The first-order valence-electron chi connectivity index (χ1n) is 3.86. The molecule has 0 atom stereocenters. The summed E-state index contributed by atoms with van der Waals surface area (Å²) in [4.78, 5) is -0.0494. The van der Waals surface area contributed by atoms with E-state index in [-0.39, 0.29) is 9.72 Å². The predicted molar refractivity (Wildman–Crippen MR) is 43.8 cm³/mol. The van der Waals surface area contributed by atoms with Crippen molar-refractivity contribution in [3.05, 3.63) is 10.4 Å². The van der Waals surface area contributed by atoms with Gasteiger partial charge in [0.15, 0.2) is 10.6 Å². The van der Waals surface area contributed by atoms with Crippen LogP contribution in [0.15, 0.2) is 10.6 Å². The van der Waals surface area contributed by atoms with E-state index in [0.717, 1.165) is 0 Å². The highest BCUT2D eigenvalue weighted by Crippen LogP contribution is 2.28. The second-order valence-corrected chi connectivity index (χ2v) is 3.84. The van der Waals surface area contributed by atoms with Crippen molar-refractivity contribution in [3.63, 3.8) is 0 Å². The minimum absolute atomic E-state index is 0.0247. The van der Waals surface area contributed by atoms with Crippen molar-refractivity contribution in [2.24, 2.45) is 10.6 Å². The topological polar surface area (TPSA) is 117 Å². The van der Waals surface area contributed by atoms with E-state index in [0.29, 0.717) is 0 Å². The standard InChI is InChI=1S/C6H14N4O4/c1-5(2,9(13)7-11)6(3,4)10(14)8-12/h11-12H,1-4H3. The van der Waals surface area contributed by atoms with Gasteiger partial charge in [-0.05, 0) is 9.72 Å². The SMILES string of the molecule is CC(C)([N+]([O-])=NO)C(C)(C)[N+]([O-])=NO. The molecule has 2 N–H and O–H groups in total. The molecule has 0 aromatic carbocycles. The maximum Gasteiger partial charge on any atom is 0.263 e. The molecule has 0 aliphatic heterocycles. The number of hydrogen-bond donors (Lipinski definition) is 2. The van der Waals surface area contributed by atoms with Gasteiger partial charge in [0.05, 0.1) is 0 Å². The van der Waals surface area contributed by atoms with Gasteiger partial charge in [-0.25, -0.2) is 0 Å². The van der Waals surface area contributed by atoms with Crippen LogP contribution in [0.1, 0.15) is 27.7 Å². The summed E-state index contributed by atoms with van der Waals surface area (Å²) in [5.74, 6) is 0. The highest BCUT2D eigenvalue weighted by atomic mass is 16.6. The van der Waals surface area contributed by atoms with E-state index in [1.54, 1.807) is 0 Å². The molecule has 14 heavy (non-hydrogen) atoms. The molecule has 0 spiro atoms. The van der Waals surface area contributed by atoms with Crippen LogP contribution in [0.5, 0.6) is 0 Å². The lowest BCUT2D eigenvalue weighted by atomic mass is 9.84. The zero-order valence-corrected chi connectivity index (χ0v) is 8.50. The van der Waals surface area contributed by atoms with Crippen LogP contribution >= 0.6 is 0 Å². The zero-order chi connectivity index (χ0) is 11.6. The van der Waals surface area contributed by atoms with Crippen LogP contribution < -0.4 is 0 Å². The van der Waals surface area contributed by atoms with E-state index in [9.17, 15) is 10.4 Å². The molecule has 0 aromatic heterocycles. The van der Waals surface area contributed by atoms with Crippen molar-refractivity contribution in [2.45, 2.75) is 38.8 Å². The van der Waals surface area contributed by atoms with Gasteiger partial charge in [0.2, 0.25) is 0 Å². The Morgan fingerprint density at radius 3 is 1.21 bits per heavy atom. The first-order chi connectivity index (χ1) is 6.21. The van der Waals surface area contributed by atoms with Crippen LogP contribution in [0.25, 0.3) is 0 Å². The number of nitrogens with zero attached hydrogens (tertiary/aromatic N) is 4. The van der Waals surface area contributed by atoms with E-state index in [1.165, 1.54) is 27.7 Å². The van der Waals surface area contributed by atoms with E-state index < -0.39 is 11.1 Å². The van der Waals surface area contributed by atoms with E-state index in [4.69, 9.17) is 10.4 Å². The van der Waals surface area contributed by atoms with Gasteiger partial charge in [0.1, 0.15) is 0 Å². The fourth-order valence-corrected chi connectivity index (χ4v) is 0.692. The van der Waals surface area contributed by atoms with E-state index in [1.807, 2.05) is 0 Å². The average Bonchev–Trinajstić information content (AvgIpc) is 2.14. The lowest BCUT2D eigenvalue weighted by Crippen LogP contribution is -2.56. The van der Waals surface area contributed by atoms with Crippen molar-refractivity contribution < 1.29 is 20.1 Å². The summed E-state index contributed by atoms with van der Waals surface area (Å²) in [5, 5.41) is 43.7. The van der Waals surface area contributed by atoms with Crippen molar-refractivity contribution >= 4 is 0 Å². The van der Waals surface area contributed by atoms with Crippen molar-refractivity contribution in [2.75, 3.05) is 0 Å². The molecule has 0 aromatic rings. The smallest absolute Gasteiger partial charge is 0.263 e. The summed E-state index contributed by atoms with van der Waals surface area (Å²) in [5.41, 5.74) is -2.70. The predicted octanol–water partition coefficient (Wildman–Crippen LogP) is 1.25. The first kappa shape index (κ1) is 12.4. The first-order valence-corrected chi connectivity index (χ1v) is 3.86. The van der Waals surface area contributed by atoms with Crippen LogP contribution in [0.2, 0.25) is 0 Å². The molecule has 0 heterocycles. The molecule has 8 nitrogen and oxygen atoms in total. The lowest BCUT2D eigenvalue weighted by molar-refractivity contribution is -0.726. The second kappa shape index (κ2) is 3.64. The molecule has 0 aliphatic rings. The Morgan fingerprint density at radius 1 is 0.857 bits per heavy atom. The Hall–Kier alpha value is -1.60. The highest BCUT2D eigenvalue weighted by Gasteiger charge is 2.55. The molecule has 0 rings (SSSR count). The maximum absolute atomic E-state index is 11.1. The van der Waals surface area contributed by atoms with E-state index >= 15 is 0 Å². The van der Waals surface area contributed by atoms with Gasteiger partial charge in [-0.15, -0.1) is 0 Å². The van der Waals surface area contributed by atoms with Gasteiger partial charge in [-0.1, -0.05) is 0 Å². The molecule has 82 valence electrons. The van der Waals surface area contributed by atoms with Gasteiger partial charge < -0.3 is 20.8 Å². The fourth-order valence-electron chi connectivity index (χ4n) is 0.692. The summed E-state index contributed by atoms with van der Waals surface area (Å²) in [6.07, 6.45) is 0. The summed E-state index contributed by atoms with van der Waals surface area (Å²) in [6, 6.07) is 0. The summed E-state index contributed by atoms with van der Waals surface area (Å²) in [6.45, 7) is 5.54. The van der Waals surface area contributed by atoms with E-state index in [2.05, 4.69) is 10.6 Å². The zero-order valence-electron chi connectivity index (χ0n) is 8.50. The monoisotopic (exact) mass is 206 g/mol. The van der Waals surface area contributed by atoms with Gasteiger partial charge in [0, 0.05) is 27.7 Å². The second-order valence-electron chi connectivity index (χ2n) is 3.84. The Kier molecular flexibility index (Phi) is 3.23. The number of rotatable bonds is 3. The number of hydroxylamine groups is 2. The summed E-state index contributed by atoms with van der Waals surface area (Å²) in [7, 11) is 0. The van der Waals surface area contributed by atoms with Crippen LogP contribution in [-0.2, 0) is 0 Å². The molecule has 0 saturated carbocycles. The lowest BCUT2D eigenvalue weighted by Gasteiger charge is -2.30. The van der Waals surface area contributed by atoms with Crippen LogP contribution in [-0.4, -0.2) is 31.2 Å². The quantitative estimate of drug-likeness (QED) is 0.410. The third kappa shape index (κ3) is 1.68. The Bertz CT molecular complexity index is 243. The molecule has 0 aliphatic carbocycles. The van der Waals surface area contributed by atoms with Crippen LogP contribution in [0.4, 0.5) is 0 Å². The molecular weight excluding hydrogens is 192 g/mol. The van der Waals surface area contributed by atoms with Gasteiger partial charge >= 0.3 is 0 Å². The summed E-state index contributed by atoms with van der Waals surface area (Å²) < 4.78 is 0. The third-order valence-corrected chi connectivity index (χ3v) is 2.62. The molecule has 0 radical (unpaired) electrons. The third-order valence-electron chi connectivity index (χ3n) is 2.62. The maximum atomic E-state index is 11.1. The minimum Gasteiger partial charge on any atom is -0.597 e. The summed E-state index contributed by atoms with van der Waals surface area (Å²) >= 11 is 0. The van der Waals surface area contributed by atoms with Crippen LogP contribution in [0.3, 0.4) is 0 Å². The Morgan fingerprint density at radius 2 is 1.07 bits per heavy atom. The van der Waals surface area contributed by atoms with Crippen molar-refractivity contribution in [1.29, 1.82) is 0 Å². The molecule has 0 unspecified atom stereocenters. The Labute approximate surface area is 80.9 Å². The van der Waals surface area contributed by atoms with Gasteiger partial charge in [0.25, 0.3) is 11.1 Å². The molecule has 0 saturated heterocycles. The highest BCUT2D eigenvalue weighted by molar-refractivity contribution is 4.86. The van der Waals surface area contributed by atoms with Crippen molar-refractivity contribution in [1.82, 2.24) is 0 Å².